The van der Waals surface area contributed by atoms with Gasteiger partial charge < -0.3 is 58.1 Å². The van der Waals surface area contributed by atoms with E-state index in [2.05, 4.69) is 31.9 Å². The molecule has 0 aliphatic heterocycles. The second-order valence-corrected chi connectivity index (χ2v) is 11.8. The number of carbonyl (C=O) groups is 9. The molecular formula is C30H51N7O13. The Morgan fingerprint density at radius 3 is 1.48 bits per heavy atom. The van der Waals surface area contributed by atoms with Gasteiger partial charge in [0.15, 0.2) is 0 Å². The van der Waals surface area contributed by atoms with Crippen molar-refractivity contribution >= 4 is 53.4 Å². The lowest BCUT2D eigenvalue weighted by atomic mass is 9.94. The number of nitrogens with one attached hydrogen (secondary N) is 6. The minimum atomic E-state index is -1.68. The van der Waals surface area contributed by atoms with Gasteiger partial charge in [-0.05, 0) is 31.6 Å². The first-order valence-electron chi connectivity index (χ1n) is 16.1. The second kappa shape index (κ2) is 22.7. The molecule has 0 aliphatic carbocycles. The predicted molar refractivity (Wildman–Crippen MR) is 174 cm³/mol. The summed E-state index contributed by atoms with van der Waals surface area (Å²) in [5.41, 5.74) is 5.31. The Kier molecular flexibility index (Phi) is 20.5. The van der Waals surface area contributed by atoms with Crippen LogP contribution < -0.4 is 37.6 Å². The topological polar surface area (TPSA) is 333 Å². The van der Waals surface area contributed by atoms with E-state index in [1.807, 2.05) is 0 Å². The van der Waals surface area contributed by atoms with Crippen LogP contribution in [-0.4, -0.2) is 123 Å². The highest BCUT2D eigenvalue weighted by molar-refractivity contribution is 5.96. The van der Waals surface area contributed by atoms with Gasteiger partial charge in [-0.3, -0.25) is 38.4 Å². The number of nitrogens with two attached hydrogens (primary N) is 1. The summed E-state index contributed by atoms with van der Waals surface area (Å²) in [5, 5.41) is 51.2. The highest BCUT2D eigenvalue weighted by atomic mass is 16.4. The van der Waals surface area contributed by atoms with Gasteiger partial charge in [-0.2, -0.15) is 0 Å². The van der Waals surface area contributed by atoms with Crippen LogP contribution in [-0.2, 0) is 43.2 Å². The van der Waals surface area contributed by atoms with Crippen molar-refractivity contribution in [2.45, 2.75) is 109 Å². The summed E-state index contributed by atoms with van der Waals surface area (Å²) in [5.74, 6) is -10.3. The van der Waals surface area contributed by atoms with E-state index in [9.17, 15) is 53.4 Å². The number of carboxylic acids is 3. The van der Waals surface area contributed by atoms with E-state index in [0.29, 0.717) is 12.8 Å². The molecule has 50 heavy (non-hydrogen) atoms. The molecule has 0 bridgehead atoms. The van der Waals surface area contributed by atoms with Crippen molar-refractivity contribution in [1.29, 1.82) is 0 Å². The highest BCUT2D eigenvalue weighted by Gasteiger charge is 2.35. The molecule has 0 saturated carbocycles. The van der Waals surface area contributed by atoms with Gasteiger partial charge in [0.1, 0.15) is 30.2 Å². The Hall–Kier alpha value is -4.85. The number of carbonyl (C=O) groups excluding carboxylic acids is 6. The monoisotopic (exact) mass is 717 g/mol. The fourth-order valence-electron chi connectivity index (χ4n) is 4.38. The largest absolute Gasteiger partial charge is 0.481 e. The van der Waals surface area contributed by atoms with Crippen molar-refractivity contribution in [3.8, 4) is 0 Å². The Bertz CT molecular complexity index is 1230. The minimum Gasteiger partial charge on any atom is -0.481 e. The summed E-state index contributed by atoms with van der Waals surface area (Å²) in [4.78, 5) is 110. The summed E-state index contributed by atoms with van der Waals surface area (Å²) in [7, 11) is 0. The van der Waals surface area contributed by atoms with Crippen LogP contribution in [0.15, 0.2) is 0 Å². The second-order valence-electron chi connectivity index (χ2n) is 11.8. The molecule has 0 aliphatic rings. The van der Waals surface area contributed by atoms with Crippen LogP contribution in [0.4, 0.5) is 0 Å². The molecule has 0 saturated heterocycles. The quantitative estimate of drug-likeness (QED) is 0.0468. The third kappa shape index (κ3) is 16.5. The van der Waals surface area contributed by atoms with Crippen LogP contribution in [0.5, 0.6) is 0 Å². The molecule has 284 valence electrons. The average Bonchev–Trinajstić information content (AvgIpc) is 3.05. The molecule has 20 nitrogen and oxygen atoms in total. The maximum atomic E-state index is 13.5. The third-order valence-corrected chi connectivity index (χ3v) is 7.84. The number of amides is 6. The molecule has 0 aromatic carbocycles. The molecule has 20 heteroatoms. The average molecular weight is 718 g/mol. The smallest absolute Gasteiger partial charge is 0.326 e. The molecule has 0 heterocycles. The lowest BCUT2D eigenvalue weighted by Crippen LogP contribution is -2.60. The fourth-order valence-corrected chi connectivity index (χ4v) is 4.38. The van der Waals surface area contributed by atoms with Gasteiger partial charge in [0.2, 0.25) is 35.4 Å². The number of hydrogen-bond acceptors (Lipinski definition) is 11. The van der Waals surface area contributed by atoms with Gasteiger partial charge in [-0.1, -0.05) is 40.5 Å². The van der Waals surface area contributed by atoms with E-state index in [1.54, 1.807) is 27.7 Å². The van der Waals surface area contributed by atoms with Crippen molar-refractivity contribution in [2.75, 3.05) is 13.1 Å². The maximum Gasteiger partial charge on any atom is 0.326 e. The summed E-state index contributed by atoms with van der Waals surface area (Å²) in [6.45, 7) is 6.69. The maximum absolute atomic E-state index is 13.5. The van der Waals surface area contributed by atoms with E-state index in [1.165, 1.54) is 0 Å². The zero-order chi connectivity index (χ0) is 38.7. The van der Waals surface area contributed by atoms with E-state index in [-0.39, 0.29) is 6.42 Å². The van der Waals surface area contributed by atoms with Crippen molar-refractivity contribution in [3.05, 3.63) is 0 Å². The summed E-state index contributed by atoms with van der Waals surface area (Å²) in [6.07, 6.45) is -2.56. The SMILES string of the molecule is CC[C@H](C)[C@H](NC(=O)[C@H](CCC(=O)O)NC(=O)CN)C(=O)N[C@H](C(=O)NCC(=O)N[C@H](C(=O)N[C@@H](CCC(=O)O)C(=O)O)[C@@H](C)O)[C@@H](C)CC. The predicted octanol–water partition coefficient (Wildman–Crippen LogP) is -3.23. The minimum absolute atomic E-state index is 0.288. The first-order chi connectivity index (χ1) is 23.3. The Labute approximate surface area is 289 Å². The molecule has 6 amide bonds. The van der Waals surface area contributed by atoms with Gasteiger partial charge in [0.05, 0.1) is 19.2 Å². The summed E-state index contributed by atoms with van der Waals surface area (Å²) >= 11 is 0. The lowest BCUT2D eigenvalue weighted by Gasteiger charge is -2.30. The molecule has 0 spiro atoms. The Morgan fingerprint density at radius 1 is 0.580 bits per heavy atom. The van der Waals surface area contributed by atoms with Gasteiger partial charge in [0, 0.05) is 12.8 Å². The van der Waals surface area contributed by atoms with Crippen LogP contribution in [0.2, 0.25) is 0 Å². The van der Waals surface area contributed by atoms with Gasteiger partial charge >= 0.3 is 17.9 Å². The third-order valence-electron chi connectivity index (χ3n) is 7.84. The lowest BCUT2D eigenvalue weighted by molar-refractivity contribution is -0.144. The molecule has 0 fully saturated rings. The van der Waals surface area contributed by atoms with E-state index in [0.717, 1.165) is 6.92 Å². The molecule has 0 aromatic heterocycles. The van der Waals surface area contributed by atoms with E-state index >= 15 is 0 Å². The number of aliphatic hydroxyl groups excluding tert-OH is 1. The van der Waals surface area contributed by atoms with Crippen LogP contribution in [0.25, 0.3) is 0 Å². The van der Waals surface area contributed by atoms with Crippen molar-refractivity contribution in [1.82, 2.24) is 31.9 Å². The van der Waals surface area contributed by atoms with E-state index in [4.69, 9.17) is 15.9 Å². The highest BCUT2D eigenvalue weighted by Crippen LogP contribution is 2.13. The van der Waals surface area contributed by atoms with Crippen LogP contribution >= 0.6 is 0 Å². The normalized spacial score (nSPS) is 15.7. The van der Waals surface area contributed by atoms with Gasteiger partial charge in [-0.15, -0.1) is 0 Å². The summed E-state index contributed by atoms with van der Waals surface area (Å²) < 4.78 is 0. The Morgan fingerprint density at radius 2 is 1.04 bits per heavy atom. The molecule has 0 rings (SSSR count). The fraction of sp³-hybridized carbons (Fsp3) is 0.700. The Balaban J connectivity index is 5.77. The molecule has 0 radical (unpaired) electrons. The molecule has 12 N–H and O–H groups in total. The molecule has 0 aromatic rings. The van der Waals surface area contributed by atoms with Crippen LogP contribution in [0, 0.1) is 11.8 Å². The molecule has 0 unspecified atom stereocenters. The standard InChI is InChI=1S/C30H51N7O13/c1-6-14(3)23(37-28(47)24(15(4)7-2)36-26(45)17(8-10-21(41)42)33-19(39)12-31)27(46)32-13-20(40)35-25(16(5)38)29(48)34-18(30(49)50)9-11-22(43)44/h14-18,23-25,38H,6-13,31H2,1-5H3,(H,32,46)(H,33,39)(H,34,48)(H,35,40)(H,36,45)(H,37,47)(H,41,42)(H,43,44)(H,49,50)/t14-,15-,16+,17-,18-,23-,24-,25-/m0/s1. The number of aliphatic carboxylic acids is 3. The van der Waals surface area contributed by atoms with Crippen molar-refractivity contribution in [2.24, 2.45) is 17.6 Å². The molecule has 8 atom stereocenters. The first kappa shape index (κ1) is 45.2. The van der Waals surface area contributed by atoms with Crippen LogP contribution in [0.3, 0.4) is 0 Å². The first-order valence-corrected chi connectivity index (χ1v) is 16.1. The molecular weight excluding hydrogens is 666 g/mol. The zero-order valence-corrected chi connectivity index (χ0v) is 28.8. The van der Waals surface area contributed by atoms with Gasteiger partial charge in [0.25, 0.3) is 0 Å². The van der Waals surface area contributed by atoms with Crippen molar-refractivity contribution < 1.29 is 63.6 Å². The van der Waals surface area contributed by atoms with E-state index < -0.39 is 134 Å². The van der Waals surface area contributed by atoms with Crippen LogP contribution in [0.1, 0.15) is 73.1 Å². The zero-order valence-electron chi connectivity index (χ0n) is 28.8. The number of rotatable bonds is 24. The number of hydrogen-bond donors (Lipinski definition) is 11. The van der Waals surface area contributed by atoms with Gasteiger partial charge in [-0.25, -0.2) is 4.79 Å². The number of aliphatic hydroxyl groups is 1. The number of carboxylic acid groups (broad SMARTS) is 3. The summed E-state index contributed by atoms with van der Waals surface area (Å²) in [6, 6.07) is -7.08. The van der Waals surface area contributed by atoms with Crippen molar-refractivity contribution in [3.63, 3.8) is 0 Å².